The number of primary amides is 1. The molecule has 0 fully saturated rings. The van der Waals surface area contributed by atoms with E-state index in [1.807, 2.05) is 0 Å². The fourth-order valence-electron chi connectivity index (χ4n) is 0.251. The molecule has 0 aliphatic rings. The van der Waals surface area contributed by atoms with Crippen LogP contribution in [0.5, 0.6) is 0 Å². The molecule has 0 rings (SSSR count). The van der Waals surface area contributed by atoms with Gasteiger partial charge in [-0.05, 0) is 0 Å². The van der Waals surface area contributed by atoms with Crippen molar-refractivity contribution in [2.45, 2.75) is 0 Å². The third-order valence-corrected chi connectivity index (χ3v) is 0.632. The van der Waals surface area contributed by atoms with Crippen molar-refractivity contribution in [1.29, 1.82) is 0 Å². The minimum Gasteiger partial charge on any atom is -0.368 e. The monoisotopic (exact) mass is 133 g/mol. The van der Waals surface area contributed by atoms with Crippen LogP contribution >= 0.6 is 0 Å². The minimum atomic E-state index is -0.568. The average molecular weight is 133 g/mol. The molecule has 5 N–H and O–H groups in total. The van der Waals surface area contributed by atoms with Crippen LogP contribution in [-0.2, 0) is 9.59 Å². The number of nitrogens with one attached hydrogen (secondary N) is 1. The Morgan fingerprint density at radius 2 is 2.33 bits per heavy atom. The van der Waals surface area contributed by atoms with Crippen LogP contribution in [0, 0.1) is 0 Å². The van der Waals surface area contributed by atoms with E-state index >= 15 is 0 Å². The molecule has 5 nitrogen and oxygen atoms in total. The van der Waals surface area contributed by atoms with Crippen molar-refractivity contribution >= 4 is 11.8 Å². The van der Waals surface area contributed by atoms with E-state index in [0.717, 1.165) is 0 Å². The van der Waals surface area contributed by atoms with Crippen LogP contribution in [0.2, 0.25) is 1.41 Å². The molecular weight excluding hydrogens is 122 g/mol. The van der Waals surface area contributed by atoms with Crippen molar-refractivity contribution in [3.05, 3.63) is 0 Å². The molecule has 0 spiro atoms. The van der Waals surface area contributed by atoms with Crippen molar-refractivity contribution in [1.82, 2.24) is 5.32 Å². The highest BCUT2D eigenvalue weighted by atomic mass is 16.2. The van der Waals surface area contributed by atoms with Gasteiger partial charge in [0.15, 0.2) is 1.41 Å². The molecule has 2 amide bonds. The third kappa shape index (κ3) is 4.76. The van der Waals surface area contributed by atoms with E-state index in [4.69, 9.17) is 7.15 Å². The molecule has 0 heterocycles. The first-order valence-corrected chi connectivity index (χ1v) is 2.38. The number of carbonyl (C=O) groups excluding carboxylic acids is 2. The van der Waals surface area contributed by atoms with Crippen LogP contribution in [0.1, 0.15) is 0 Å². The van der Waals surface area contributed by atoms with Crippen molar-refractivity contribution in [2.75, 3.05) is 13.1 Å². The molecule has 5 heteroatoms. The molecule has 0 aliphatic carbocycles. The first-order valence-electron chi connectivity index (χ1n) is 2.88. The maximum absolute atomic E-state index is 10.4. The second kappa shape index (κ2) is 3.85. The minimum absolute atomic E-state index is 0.148. The van der Waals surface area contributed by atoms with E-state index in [2.05, 4.69) is 5.32 Å². The van der Waals surface area contributed by atoms with Crippen LogP contribution in [-0.4, -0.2) is 24.9 Å². The maximum atomic E-state index is 10.4. The van der Waals surface area contributed by atoms with Gasteiger partial charge in [0.05, 0.1) is 13.1 Å². The molecule has 0 aliphatic heterocycles. The van der Waals surface area contributed by atoms with Gasteiger partial charge < -0.3 is 16.8 Å². The topological polar surface area (TPSA) is 98.2 Å². The molecule has 0 aromatic heterocycles. The fourth-order valence-corrected chi connectivity index (χ4v) is 0.251. The Bertz CT molecular complexity index is 122. The Morgan fingerprint density at radius 1 is 1.67 bits per heavy atom. The number of rotatable bonds is 3. The summed E-state index contributed by atoms with van der Waals surface area (Å²) >= 11 is 0. The van der Waals surface area contributed by atoms with E-state index in [1.54, 1.807) is 5.73 Å². The Labute approximate surface area is 53.8 Å². The summed E-state index contributed by atoms with van der Waals surface area (Å²) in [6.45, 7) is -0.342. The van der Waals surface area contributed by atoms with Gasteiger partial charge in [0.1, 0.15) is 0 Å². The summed E-state index contributed by atoms with van der Waals surface area (Å²) in [6.07, 6.45) is 0. The van der Waals surface area contributed by atoms with Crippen LogP contribution in [0.4, 0.5) is 0 Å². The van der Waals surface area contributed by atoms with Gasteiger partial charge in [-0.2, -0.15) is 0 Å². The second-order valence-corrected chi connectivity index (χ2v) is 1.40. The van der Waals surface area contributed by atoms with Crippen LogP contribution < -0.4 is 16.8 Å². The summed E-state index contributed by atoms with van der Waals surface area (Å²) in [5, 5.41) is 2.19. The van der Waals surface area contributed by atoms with E-state index in [9.17, 15) is 9.59 Å². The highest BCUT2D eigenvalue weighted by Crippen LogP contribution is 1.57. The Morgan fingerprint density at radius 3 is 2.78 bits per heavy atom. The van der Waals surface area contributed by atoms with Crippen molar-refractivity contribution in [3.8, 4) is 0 Å². The number of carbonyl (C=O) groups is 2. The van der Waals surface area contributed by atoms with Crippen molar-refractivity contribution in [3.63, 3.8) is 0 Å². The lowest BCUT2D eigenvalue weighted by Gasteiger charge is -1.96. The lowest BCUT2D eigenvalue weighted by atomic mass is 10.5. The lowest BCUT2D eigenvalue weighted by molar-refractivity contribution is -0.123. The SMILES string of the molecule is [3H]NC(=O)CNC(=O)CN. The maximum Gasteiger partial charge on any atom is 0.236 e. The van der Waals surface area contributed by atoms with Crippen LogP contribution in [0.25, 0.3) is 0 Å². The molecule has 0 bridgehead atoms. The van der Waals surface area contributed by atoms with E-state index in [0.29, 0.717) is 0 Å². The summed E-state index contributed by atoms with van der Waals surface area (Å²) in [5.74, 6) is -0.981. The van der Waals surface area contributed by atoms with E-state index < -0.39 is 11.8 Å². The third-order valence-electron chi connectivity index (χ3n) is 0.632. The Balaban J connectivity index is 3.35. The molecular formula is C4H9N3O2. The fraction of sp³-hybridized carbons (Fsp3) is 0.500. The number of amides is 2. The van der Waals surface area contributed by atoms with Gasteiger partial charge in [-0.3, -0.25) is 9.59 Å². The summed E-state index contributed by atoms with van der Waals surface area (Å²) in [5.41, 5.74) is 6.51. The first-order chi connectivity index (χ1) is 4.70. The Hall–Kier alpha value is -1.10. The molecule has 0 saturated heterocycles. The van der Waals surface area contributed by atoms with Crippen LogP contribution in [0.15, 0.2) is 0 Å². The number of hydrogen-bond donors (Lipinski definition) is 3. The second-order valence-electron chi connectivity index (χ2n) is 1.40. The van der Waals surface area contributed by atoms with E-state index in [-0.39, 0.29) is 13.1 Å². The molecule has 52 valence electrons. The molecule has 9 heavy (non-hydrogen) atoms. The van der Waals surface area contributed by atoms with Gasteiger partial charge in [0, 0.05) is 0 Å². The number of nitrogens with two attached hydrogens (primary N) is 2. The van der Waals surface area contributed by atoms with Gasteiger partial charge in [-0.1, -0.05) is 0 Å². The van der Waals surface area contributed by atoms with Gasteiger partial charge in [-0.15, -0.1) is 0 Å². The zero-order valence-corrected chi connectivity index (χ0v) is 4.81. The van der Waals surface area contributed by atoms with Crippen molar-refractivity contribution in [2.24, 2.45) is 11.5 Å². The quantitative estimate of drug-likeness (QED) is 0.398. The standard InChI is InChI=1S/C4H9N3O2/c5-1-4(9)7-2-3(6)8/h1-2,5H2,(H2,6,8)(H,7,9)/i/hT. The van der Waals surface area contributed by atoms with Gasteiger partial charge in [0.2, 0.25) is 11.8 Å². The highest BCUT2D eigenvalue weighted by Gasteiger charge is 1.96. The molecule has 0 unspecified atom stereocenters. The first kappa shape index (κ1) is 6.03. The van der Waals surface area contributed by atoms with Gasteiger partial charge >= 0.3 is 0 Å². The molecule has 0 saturated carbocycles. The molecule has 0 aromatic rings. The lowest BCUT2D eigenvalue weighted by Crippen LogP contribution is -2.36. The normalized spacial score (nSPS) is 9.67. The molecule has 0 aromatic carbocycles. The predicted octanol–water partition coefficient (Wildman–Crippen LogP) is -2.45. The van der Waals surface area contributed by atoms with Gasteiger partial charge in [-0.25, -0.2) is 0 Å². The highest BCUT2D eigenvalue weighted by molar-refractivity contribution is 5.84. The summed E-state index contributed by atoms with van der Waals surface area (Å²) < 4.78 is 6.33. The summed E-state index contributed by atoms with van der Waals surface area (Å²) in [7, 11) is 0. The molecule has 0 atom stereocenters. The molecule has 0 radical (unpaired) electrons. The Kier molecular flexibility index (Phi) is 2.58. The van der Waals surface area contributed by atoms with Gasteiger partial charge in [0.25, 0.3) is 0 Å². The zero-order valence-electron chi connectivity index (χ0n) is 5.81. The average Bonchev–Trinajstić information content (AvgIpc) is 1.99. The summed E-state index contributed by atoms with van der Waals surface area (Å²) in [6, 6.07) is 0. The van der Waals surface area contributed by atoms with E-state index in [1.165, 1.54) is 0 Å². The zero-order chi connectivity index (χ0) is 7.98. The smallest absolute Gasteiger partial charge is 0.236 e. The predicted molar refractivity (Wildman–Crippen MR) is 31.3 cm³/mol. The number of hydrogen-bond acceptors (Lipinski definition) is 3. The van der Waals surface area contributed by atoms with Crippen LogP contribution in [0.3, 0.4) is 0 Å². The summed E-state index contributed by atoms with van der Waals surface area (Å²) in [4.78, 5) is 20.6. The van der Waals surface area contributed by atoms with Crippen molar-refractivity contribution < 1.29 is 11.0 Å². The largest absolute Gasteiger partial charge is 0.368 e.